The normalized spacial score (nSPS) is 22.8. The third-order valence-electron chi connectivity index (χ3n) is 3.45. The second-order valence-corrected chi connectivity index (χ2v) is 5.45. The summed E-state index contributed by atoms with van der Waals surface area (Å²) in [5, 5.41) is 4.31. The lowest BCUT2D eigenvalue weighted by atomic mass is 10.1. The highest BCUT2D eigenvalue weighted by Crippen LogP contribution is 2.23. The summed E-state index contributed by atoms with van der Waals surface area (Å²) in [6.45, 7) is 5.60. The molecular weight excluding hydrogens is 307 g/mol. The van der Waals surface area contributed by atoms with E-state index in [2.05, 4.69) is 12.2 Å². The van der Waals surface area contributed by atoms with Crippen molar-refractivity contribution < 1.29 is 4.79 Å². The summed E-state index contributed by atoms with van der Waals surface area (Å²) in [6.07, 6.45) is 0. The van der Waals surface area contributed by atoms with Gasteiger partial charge in [0.15, 0.2) is 0 Å². The lowest BCUT2D eigenvalue weighted by Gasteiger charge is -2.38. The molecule has 1 amide bonds. The molecule has 19 heavy (non-hydrogen) atoms. The van der Waals surface area contributed by atoms with Gasteiger partial charge in [0.1, 0.15) is 0 Å². The molecule has 1 saturated heterocycles. The van der Waals surface area contributed by atoms with E-state index in [1.54, 1.807) is 18.2 Å². The van der Waals surface area contributed by atoms with E-state index in [9.17, 15) is 4.79 Å². The second kappa shape index (κ2) is 6.80. The van der Waals surface area contributed by atoms with Crippen LogP contribution in [0.15, 0.2) is 18.2 Å². The number of nitrogens with zero attached hydrogens (tertiary/aromatic N) is 1. The van der Waals surface area contributed by atoms with Crippen molar-refractivity contribution in [2.45, 2.75) is 25.9 Å². The van der Waals surface area contributed by atoms with Crippen molar-refractivity contribution in [1.82, 2.24) is 10.2 Å². The molecule has 6 heteroatoms. The maximum atomic E-state index is 12.5. The molecule has 2 unspecified atom stereocenters. The van der Waals surface area contributed by atoms with Gasteiger partial charge in [-0.05, 0) is 32.0 Å². The number of amides is 1. The van der Waals surface area contributed by atoms with Crippen molar-refractivity contribution in [3.8, 4) is 0 Å². The molecule has 1 aromatic carbocycles. The first kappa shape index (κ1) is 16.6. The van der Waals surface area contributed by atoms with Gasteiger partial charge in [0.05, 0.1) is 10.6 Å². The molecule has 0 radical (unpaired) electrons. The van der Waals surface area contributed by atoms with Crippen molar-refractivity contribution in [3.63, 3.8) is 0 Å². The van der Waals surface area contributed by atoms with Crippen molar-refractivity contribution in [3.05, 3.63) is 33.8 Å². The first-order valence-corrected chi connectivity index (χ1v) is 6.75. The molecule has 0 bridgehead atoms. The number of nitrogens with one attached hydrogen (secondary N) is 1. The molecule has 1 aliphatic heterocycles. The van der Waals surface area contributed by atoms with E-state index in [0.29, 0.717) is 22.2 Å². The maximum absolute atomic E-state index is 12.5. The van der Waals surface area contributed by atoms with Crippen LogP contribution in [0.2, 0.25) is 10.0 Å². The SMILES string of the molecule is CC1NCCN(C(=O)c2cc(Cl)ccc2Cl)C1C.Cl. The zero-order chi connectivity index (χ0) is 13.3. The van der Waals surface area contributed by atoms with E-state index in [0.717, 1.165) is 6.54 Å². The van der Waals surface area contributed by atoms with Crippen LogP contribution in [0.25, 0.3) is 0 Å². The fourth-order valence-electron chi connectivity index (χ4n) is 2.16. The Kier molecular flexibility index (Phi) is 5.93. The van der Waals surface area contributed by atoms with E-state index >= 15 is 0 Å². The Morgan fingerprint density at radius 1 is 1.37 bits per heavy atom. The summed E-state index contributed by atoms with van der Waals surface area (Å²) in [5.74, 6) is -0.0525. The Morgan fingerprint density at radius 3 is 2.74 bits per heavy atom. The molecule has 0 aromatic heterocycles. The average molecular weight is 324 g/mol. The number of hydrogen-bond acceptors (Lipinski definition) is 2. The van der Waals surface area contributed by atoms with Crippen molar-refractivity contribution >= 4 is 41.5 Å². The topological polar surface area (TPSA) is 32.3 Å². The van der Waals surface area contributed by atoms with Crippen molar-refractivity contribution in [2.24, 2.45) is 0 Å². The monoisotopic (exact) mass is 322 g/mol. The van der Waals surface area contributed by atoms with E-state index < -0.39 is 0 Å². The van der Waals surface area contributed by atoms with Crippen molar-refractivity contribution in [1.29, 1.82) is 0 Å². The summed E-state index contributed by atoms with van der Waals surface area (Å²) < 4.78 is 0. The summed E-state index contributed by atoms with van der Waals surface area (Å²) in [7, 11) is 0. The van der Waals surface area contributed by atoms with E-state index in [4.69, 9.17) is 23.2 Å². The minimum absolute atomic E-state index is 0. The van der Waals surface area contributed by atoms with Gasteiger partial charge in [0, 0.05) is 30.2 Å². The Bertz CT molecular complexity index is 467. The zero-order valence-electron chi connectivity index (χ0n) is 10.8. The van der Waals surface area contributed by atoms with Gasteiger partial charge in [-0.1, -0.05) is 23.2 Å². The minimum atomic E-state index is -0.0525. The number of hydrogen-bond donors (Lipinski definition) is 1. The zero-order valence-corrected chi connectivity index (χ0v) is 13.1. The van der Waals surface area contributed by atoms with E-state index in [1.807, 2.05) is 11.8 Å². The molecule has 1 heterocycles. The Morgan fingerprint density at radius 2 is 2.05 bits per heavy atom. The number of halogens is 3. The maximum Gasteiger partial charge on any atom is 0.255 e. The van der Waals surface area contributed by atoms with Crippen LogP contribution < -0.4 is 5.32 Å². The number of carbonyl (C=O) groups is 1. The summed E-state index contributed by atoms with van der Waals surface area (Å²) >= 11 is 12.0. The molecule has 2 rings (SSSR count). The second-order valence-electron chi connectivity index (χ2n) is 4.61. The Balaban J connectivity index is 0.00000180. The third-order valence-corrected chi connectivity index (χ3v) is 4.02. The summed E-state index contributed by atoms with van der Waals surface area (Å²) in [5.41, 5.74) is 0.477. The molecule has 1 fully saturated rings. The molecular formula is C13H17Cl3N2O. The smallest absolute Gasteiger partial charge is 0.255 e. The van der Waals surface area contributed by atoms with Gasteiger partial charge in [-0.25, -0.2) is 0 Å². The quantitative estimate of drug-likeness (QED) is 0.860. The standard InChI is InChI=1S/C13H16Cl2N2O.ClH/c1-8-9(2)17(6-5-16-8)13(18)11-7-10(14)3-4-12(11)15;/h3-4,7-9,16H,5-6H2,1-2H3;1H. The van der Waals surface area contributed by atoms with Crippen LogP contribution in [0.3, 0.4) is 0 Å². The van der Waals surface area contributed by atoms with Crippen LogP contribution >= 0.6 is 35.6 Å². The minimum Gasteiger partial charge on any atom is -0.333 e. The van der Waals surface area contributed by atoms with E-state index in [1.165, 1.54) is 0 Å². The van der Waals surface area contributed by atoms with Crippen LogP contribution in [0, 0.1) is 0 Å². The molecule has 3 nitrogen and oxygen atoms in total. The van der Waals surface area contributed by atoms with Gasteiger partial charge in [-0.3, -0.25) is 4.79 Å². The third kappa shape index (κ3) is 3.54. The van der Waals surface area contributed by atoms with Gasteiger partial charge in [0.2, 0.25) is 0 Å². The molecule has 0 spiro atoms. The van der Waals surface area contributed by atoms with E-state index in [-0.39, 0.29) is 30.4 Å². The fraction of sp³-hybridized carbons (Fsp3) is 0.462. The Labute approximate surface area is 129 Å². The molecule has 1 aromatic rings. The highest BCUT2D eigenvalue weighted by molar-refractivity contribution is 6.35. The average Bonchev–Trinajstić information content (AvgIpc) is 2.35. The van der Waals surface area contributed by atoms with Gasteiger partial charge in [-0.2, -0.15) is 0 Å². The lowest BCUT2D eigenvalue weighted by molar-refractivity contribution is 0.0603. The largest absolute Gasteiger partial charge is 0.333 e. The van der Waals surface area contributed by atoms with Gasteiger partial charge >= 0.3 is 0 Å². The number of benzene rings is 1. The first-order valence-electron chi connectivity index (χ1n) is 6.00. The highest BCUT2D eigenvalue weighted by atomic mass is 35.5. The summed E-state index contributed by atoms with van der Waals surface area (Å²) in [4.78, 5) is 14.3. The van der Waals surface area contributed by atoms with Crippen LogP contribution in [0.1, 0.15) is 24.2 Å². The Hall–Kier alpha value is -0.480. The van der Waals surface area contributed by atoms with Gasteiger partial charge < -0.3 is 10.2 Å². The molecule has 0 saturated carbocycles. The predicted molar refractivity (Wildman–Crippen MR) is 81.7 cm³/mol. The lowest BCUT2D eigenvalue weighted by Crippen LogP contribution is -2.57. The number of rotatable bonds is 1. The van der Waals surface area contributed by atoms with Crippen LogP contribution in [-0.2, 0) is 0 Å². The summed E-state index contributed by atoms with van der Waals surface area (Å²) in [6, 6.07) is 5.39. The molecule has 106 valence electrons. The molecule has 1 N–H and O–H groups in total. The van der Waals surface area contributed by atoms with Crippen LogP contribution in [0.4, 0.5) is 0 Å². The molecule has 0 aliphatic carbocycles. The fourth-order valence-corrected chi connectivity index (χ4v) is 2.53. The number of carbonyl (C=O) groups excluding carboxylic acids is 1. The van der Waals surface area contributed by atoms with Crippen molar-refractivity contribution in [2.75, 3.05) is 13.1 Å². The van der Waals surface area contributed by atoms with Crippen LogP contribution in [0.5, 0.6) is 0 Å². The number of piperazine rings is 1. The van der Waals surface area contributed by atoms with Crippen LogP contribution in [-0.4, -0.2) is 36.0 Å². The molecule has 1 aliphatic rings. The molecule has 2 atom stereocenters. The highest BCUT2D eigenvalue weighted by Gasteiger charge is 2.29. The first-order chi connectivity index (χ1) is 8.50. The van der Waals surface area contributed by atoms with Gasteiger partial charge in [-0.15, -0.1) is 12.4 Å². The predicted octanol–water partition coefficient (Wildman–Crippen LogP) is 3.24. The van der Waals surface area contributed by atoms with Gasteiger partial charge in [0.25, 0.3) is 5.91 Å².